The van der Waals surface area contributed by atoms with Gasteiger partial charge < -0.3 is 5.11 Å². The molecule has 6 heteroatoms. The fraction of sp³-hybridized carbons (Fsp3) is 0. The maximum atomic E-state index is 11.3. The molecule has 1 N–H and O–H groups in total. The second-order valence-corrected chi connectivity index (χ2v) is 5.88. The summed E-state index contributed by atoms with van der Waals surface area (Å²) in [5, 5.41) is 14.0. The first-order valence-corrected chi connectivity index (χ1v) is 7.96. The van der Waals surface area contributed by atoms with Gasteiger partial charge in [0.15, 0.2) is 11.3 Å². The second-order valence-electron chi connectivity index (χ2n) is 5.48. The molecule has 0 aliphatic heterocycles. The minimum atomic E-state index is -1.10. The van der Waals surface area contributed by atoms with Crippen LogP contribution in [-0.2, 0) is 0 Å². The molecule has 0 bridgehead atoms. The number of rotatable bonds is 3. The number of halogens is 1. The highest BCUT2D eigenvalue weighted by molar-refractivity contribution is 6.33. The van der Waals surface area contributed by atoms with Crippen molar-refractivity contribution in [1.82, 2.24) is 14.6 Å². The van der Waals surface area contributed by atoms with E-state index >= 15 is 0 Å². The first-order valence-electron chi connectivity index (χ1n) is 7.58. The summed E-state index contributed by atoms with van der Waals surface area (Å²) >= 11 is 6.35. The summed E-state index contributed by atoms with van der Waals surface area (Å²) in [6, 6.07) is 20.4. The van der Waals surface area contributed by atoms with Crippen molar-refractivity contribution in [2.75, 3.05) is 0 Å². The number of hydrogen-bond donors (Lipinski definition) is 1. The Morgan fingerprint density at radius 1 is 1.00 bits per heavy atom. The normalized spacial score (nSPS) is 10.9. The SMILES string of the molecule is O=C(O)c1cc2nc(-c3ccccc3)cc(-c3ccccc3Cl)n2n1. The molecule has 0 spiro atoms. The fourth-order valence-corrected chi connectivity index (χ4v) is 2.93. The molecule has 5 nitrogen and oxygen atoms in total. The van der Waals surface area contributed by atoms with E-state index in [1.54, 1.807) is 6.07 Å². The Bertz CT molecular complexity index is 1090. The summed E-state index contributed by atoms with van der Waals surface area (Å²) < 4.78 is 1.51. The van der Waals surface area contributed by atoms with Crippen LogP contribution < -0.4 is 0 Å². The molecule has 0 aliphatic carbocycles. The molecule has 0 saturated heterocycles. The van der Waals surface area contributed by atoms with Crippen molar-refractivity contribution in [2.45, 2.75) is 0 Å². The van der Waals surface area contributed by atoms with Gasteiger partial charge in [-0.15, -0.1) is 0 Å². The van der Waals surface area contributed by atoms with Crippen molar-refractivity contribution >= 4 is 23.2 Å². The summed E-state index contributed by atoms with van der Waals surface area (Å²) in [6.45, 7) is 0. The highest BCUT2D eigenvalue weighted by atomic mass is 35.5. The van der Waals surface area contributed by atoms with Crippen LogP contribution in [0.15, 0.2) is 66.7 Å². The van der Waals surface area contributed by atoms with Crippen LogP contribution in [0.5, 0.6) is 0 Å². The van der Waals surface area contributed by atoms with Gasteiger partial charge in [0.25, 0.3) is 0 Å². The molecule has 0 radical (unpaired) electrons. The first kappa shape index (κ1) is 15.4. The zero-order valence-electron chi connectivity index (χ0n) is 12.9. The predicted molar refractivity (Wildman–Crippen MR) is 95.8 cm³/mol. The zero-order valence-corrected chi connectivity index (χ0v) is 13.7. The van der Waals surface area contributed by atoms with Gasteiger partial charge in [-0.3, -0.25) is 0 Å². The number of carboxylic acids is 1. The standard InChI is InChI=1S/C19H12ClN3O2/c20-14-9-5-4-8-13(14)17-10-15(12-6-2-1-3-7-12)21-18-11-16(19(24)25)22-23(17)18/h1-11H,(H,24,25). The number of benzene rings is 2. The molecule has 0 saturated carbocycles. The lowest BCUT2D eigenvalue weighted by molar-refractivity contribution is 0.0690. The highest BCUT2D eigenvalue weighted by Gasteiger charge is 2.16. The molecule has 0 fully saturated rings. The number of aromatic nitrogens is 3. The Hall–Kier alpha value is -3.18. The monoisotopic (exact) mass is 349 g/mol. The molecule has 2 heterocycles. The molecule has 2 aromatic carbocycles. The molecule has 25 heavy (non-hydrogen) atoms. The lowest BCUT2D eigenvalue weighted by atomic mass is 10.1. The van der Waals surface area contributed by atoms with Crippen LogP contribution in [0.2, 0.25) is 5.02 Å². The maximum absolute atomic E-state index is 11.3. The Kier molecular flexibility index (Phi) is 3.71. The van der Waals surface area contributed by atoms with Crippen LogP contribution in [0.3, 0.4) is 0 Å². The van der Waals surface area contributed by atoms with E-state index in [4.69, 9.17) is 11.6 Å². The predicted octanol–water partition coefficient (Wildman–Crippen LogP) is 4.41. The van der Waals surface area contributed by atoms with E-state index in [0.29, 0.717) is 16.4 Å². The van der Waals surface area contributed by atoms with Crippen LogP contribution in [0.1, 0.15) is 10.5 Å². The van der Waals surface area contributed by atoms with E-state index < -0.39 is 5.97 Å². The third kappa shape index (κ3) is 2.75. The van der Waals surface area contributed by atoms with Gasteiger partial charge in [0.1, 0.15) is 0 Å². The van der Waals surface area contributed by atoms with E-state index in [1.807, 2.05) is 54.6 Å². The van der Waals surface area contributed by atoms with E-state index in [0.717, 1.165) is 16.8 Å². The minimum absolute atomic E-state index is 0.0639. The average molecular weight is 350 g/mol. The van der Waals surface area contributed by atoms with Crippen LogP contribution in [0.25, 0.3) is 28.2 Å². The molecular weight excluding hydrogens is 338 g/mol. The minimum Gasteiger partial charge on any atom is -0.476 e. The number of carbonyl (C=O) groups is 1. The van der Waals surface area contributed by atoms with Crippen molar-refractivity contribution in [2.24, 2.45) is 0 Å². The number of carboxylic acid groups (broad SMARTS) is 1. The van der Waals surface area contributed by atoms with E-state index in [2.05, 4.69) is 10.1 Å². The molecule has 2 aromatic heterocycles. The van der Waals surface area contributed by atoms with Gasteiger partial charge in [-0.2, -0.15) is 5.10 Å². The van der Waals surface area contributed by atoms with Crippen molar-refractivity contribution in [3.8, 4) is 22.5 Å². The van der Waals surface area contributed by atoms with Gasteiger partial charge in [-0.05, 0) is 12.1 Å². The van der Waals surface area contributed by atoms with E-state index in [9.17, 15) is 9.90 Å². The molecule has 0 unspecified atom stereocenters. The van der Waals surface area contributed by atoms with Gasteiger partial charge in [-0.1, -0.05) is 60.1 Å². The van der Waals surface area contributed by atoms with E-state index in [1.165, 1.54) is 10.6 Å². The molecular formula is C19H12ClN3O2. The molecule has 4 rings (SSSR count). The number of nitrogens with zero attached hydrogens (tertiary/aromatic N) is 3. The lowest BCUT2D eigenvalue weighted by Crippen LogP contribution is -2.01. The summed E-state index contributed by atoms with van der Waals surface area (Å²) in [6.07, 6.45) is 0. The Morgan fingerprint density at radius 2 is 1.72 bits per heavy atom. The van der Waals surface area contributed by atoms with Gasteiger partial charge in [-0.25, -0.2) is 14.3 Å². The van der Waals surface area contributed by atoms with Gasteiger partial charge >= 0.3 is 5.97 Å². The fourth-order valence-electron chi connectivity index (χ4n) is 2.70. The topological polar surface area (TPSA) is 67.5 Å². The number of hydrogen-bond acceptors (Lipinski definition) is 3. The summed E-state index contributed by atoms with van der Waals surface area (Å²) in [4.78, 5) is 15.9. The third-order valence-electron chi connectivity index (χ3n) is 3.87. The van der Waals surface area contributed by atoms with E-state index in [-0.39, 0.29) is 5.69 Å². The average Bonchev–Trinajstić information content (AvgIpc) is 3.07. The summed E-state index contributed by atoms with van der Waals surface area (Å²) in [5.74, 6) is -1.10. The lowest BCUT2D eigenvalue weighted by Gasteiger charge is -2.10. The number of fused-ring (bicyclic) bond motifs is 1. The second kappa shape index (κ2) is 6.03. The molecule has 0 atom stereocenters. The highest BCUT2D eigenvalue weighted by Crippen LogP contribution is 2.31. The van der Waals surface area contributed by atoms with Crippen LogP contribution in [0, 0.1) is 0 Å². The smallest absolute Gasteiger partial charge is 0.356 e. The van der Waals surface area contributed by atoms with Crippen LogP contribution in [-0.4, -0.2) is 25.7 Å². The van der Waals surface area contributed by atoms with Gasteiger partial charge in [0, 0.05) is 22.2 Å². The Balaban J connectivity index is 2.05. The third-order valence-corrected chi connectivity index (χ3v) is 4.20. The van der Waals surface area contributed by atoms with Crippen molar-refractivity contribution < 1.29 is 9.90 Å². The molecule has 122 valence electrons. The first-order chi connectivity index (χ1) is 12.1. The molecule has 0 amide bonds. The zero-order chi connectivity index (χ0) is 17.4. The number of aromatic carboxylic acids is 1. The Labute approximate surface area is 148 Å². The summed E-state index contributed by atoms with van der Waals surface area (Å²) in [7, 11) is 0. The van der Waals surface area contributed by atoms with Crippen LogP contribution >= 0.6 is 11.6 Å². The molecule has 0 aliphatic rings. The summed E-state index contributed by atoms with van der Waals surface area (Å²) in [5.41, 5.74) is 3.48. The van der Waals surface area contributed by atoms with Crippen molar-refractivity contribution in [1.29, 1.82) is 0 Å². The quantitative estimate of drug-likeness (QED) is 0.594. The van der Waals surface area contributed by atoms with Crippen molar-refractivity contribution in [3.05, 3.63) is 77.4 Å². The largest absolute Gasteiger partial charge is 0.476 e. The molecule has 4 aromatic rings. The maximum Gasteiger partial charge on any atom is 0.356 e. The Morgan fingerprint density at radius 3 is 2.44 bits per heavy atom. The van der Waals surface area contributed by atoms with Gasteiger partial charge in [0.05, 0.1) is 11.4 Å². The van der Waals surface area contributed by atoms with Gasteiger partial charge in [0.2, 0.25) is 0 Å². The van der Waals surface area contributed by atoms with Crippen LogP contribution in [0.4, 0.5) is 0 Å². The van der Waals surface area contributed by atoms with Crippen molar-refractivity contribution in [3.63, 3.8) is 0 Å².